The second kappa shape index (κ2) is 13.0. The molecule has 10 aromatic rings. The van der Waals surface area contributed by atoms with E-state index in [9.17, 15) is 0 Å². The van der Waals surface area contributed by atoms with Crippen LogP contribution in [0, 0.1) is 0 Å². The second-order valence-electron chi connectivity index (χ2n) is 15.7. The van der Waals surface area contributed by atoms with Crippen LogP contribution >= 0.6 is 0 Å². The normalized spacial score (nSPS) is 12.9. The van der Waals surface area contributed by atoms with Crippen molar-refractivity contribution in [3.63, 3.8) is 0 Å². The maximum atomic E-state index is 6.56. The average molecular weight is 730 g/mol. The lowest BCUT2D eigenvalue weighted by atomic mass is 9.81. The van der Waals surface area contributed by atoms with Crippen LogP contribution in [0.25, 0.3) is 77.2 Å². The number of benzene rings is 9. The van der Waals surface area contributed by atoms with Crippen molar-refractivity contribution in [3.05, 3.63) is 211 Å². The van der Waals surface area contributed by atoms with Crippen LogP contribution in [0.3, 0.4) is 0 Å². The molecule has 0 spiro atoms. The molecule has 2 heteroatoms. The van der Waals surface area contributed by atoms with E-state index in [0.29, 0.717) is 0 Å². The van der Waals surface area contributed by atoms with Crippen molar-refractivity contribution in [2.24, 2.45) is 0 Å². The van der Waals surface area contributed by atoms with Gasteiger partial charge in [-0.2, -0.15) is 0 Å². The van der Waals surface area contributed by atoms with Crippen LogP contribution in [0.5, 0.6) is 0 Å². The van der Waals surface area contributed by atoms with Crippen molar-refractivity contribution in [3.8, 4) is 44.5 Å². The Morgan fingerprint density at radius 3 is 1.81 bits per heavy atom. The minimum atomic E-state index is -0.180. The first-order chi connectivity index (χ1) is 28.0. The molecule has 0 saturated carbocycles. The highest BCUT2D eigenvalue weighted by Gasteiger charge is 2.38. The maximum absolute atomic E-state index is 6.56. The third kappa shape index (κ3) is 5.33. The van der Waals surface area contributed by atoms with Crippen LogP contribution in [0.15, 0.2) is 205 Å². The van der Waals surface area contributed by atoms with Crippen LogP contribution in [0.2, 0.25) is 0 Å². The zero-order valence-corrected chi connectivity index (χ0v) is 31.9. The molecule has 0 atom stereocenters. The van der Waals surface area contributed by atoms with Gasteiger partial charge in [0.05, 0.1) is 5.69 Å². The Kier molecular flexibility index (Phi) is 7.55. The highest BCUT2D eigenvalue weighted by molar-refractivity contribution is 6.19. The van der Waals surface area contributed by atoms with E-state index in [1.54, 1.807) is 0 Å². The highest BCUT2D eigenvalue weighted by Crippen LogP contribution is 2.54. The second-order valence-corrected chi connectivity index (χ2v) is 15.7. The van der Waals surface area contributed by atoms with Gasteiger partial charge in [0.2, 0.25) is 0 Å². The summed E-state index contributed by atoms with van der Waals surface area (Å²) in [6.45, 7) is 4.73. The molecule has 0 bridgehead atoms. The summed E-state index contributed by atoms with van der Waals surface area (Å²) in [5.41, 5.74) is 17.5. The van der Waals surface area contributed by atoms with Gasteiger partial charge >= 0.3 is 0 Å². The molecule has 1 aromatic heterocycles. The van der Waals surface area contributed by atoms with E-state index in [4.69, 9.17) is 4.42 Å². The Morgan fingerprint density at radius 2 is 1.02 bits per heavy atom. The zero-order chi connectivity index (χ0) is 38.1. The van der Waals surface area contributed by atoms with Gasteiger partial charge in [-0.25, -0.2) is 0 Å². The van der Waals surface area contributed by atoms with Crippen LogP contribution in [-0.2, 0) is 5.41 Å². The van der Waals surface area contributed by atoms with E-state index in [0.717, 1.165) is 44.3 Å². The Labute approximate surface area is 332 Å². The number of hydrogen-bond donors (Lipinski definition) is 0. The number of nitrogens with zero attached hydrogens (tertiary/aromatic N) is 1. The largest absolute Gasteiger partial charge is 0.455 e. The minimum Gasteiger partial charge on any atom is -0.455 e. The van der Waals surface area contributed by atoms with Crippen molar-refractivity contribution in [2.45, 2.75) is 19.3 Å². The van der Waals surface area contributed by atoms with Crippen molar-refractivity contribution in [2.75, 3.05) is 4.90 Å². The summed E-state index contributed by atoms with van der Waals surface area (Å²) in [4.78, 5) is 2.44. The topological polar surface area (TPSA) is 16.4 Å². The number of furan rings is 1. The van der Waals surface area contributed by atoms with Crippen LogP contribution in [0.4, 0.5) is 17.1 Å². The van der Waals surface area contributed by atoms with Gasteiger partial charge in [0.25, 0.3) is 0 Å². The Bertz CT molecular complexity index is 3130. The van der Waals surface area contributed by atoms with Gasteiger partial charge in [-0.15, -0.1) is 0 Å². The van der Waals surface area contributed by atoms with E-state index < -0.39 is 0 Å². The fraction of sp³-hybridized carbons (Fsp3) is 0.0545. The summed E-state index contributed by atoms with van der Waals surface area (Å²) in [7, 11) is 0. The molecule has 0 unspecified atom stereocenters. The van der Waals surface area contributed by atoms with Gasteiger partial charge in [-0.3, -0.25) is 0 Å². The summed E-state index contributed by atoms with van der Waals surface area (Å²) in [5, 5.41) is 4.61. The van der Waals surface area contributed by atoms with Crippen LogP contribution < -0.4 is 4.90 Å². The van der Waals surface area contributed by atoms with Crippen molar-refractivity contribution >= 4 is 49.8 Å². The van der Waals surface area contributed by atoms with E-state index in [-0.39, 0.29) is 5.41 Å². The molecule has 11 rings (SSSR count). The molecule has 9 aromatic carbocycles. The lowest BCUT2D eigenvalue weighted by molar-refractivity contribution is 0.661. The van der Waals surface area contributed by atoms with Crippen LogP contribution in [0.1, 0.15) is 25.0 Å². The van der Waals surface area contributed by atoms with E-state index >= 15 is 0 Å². The monoisotopic (exact) mass is 729 g/mol. The van der Waals surface area contributed by atoms with Crippen molar-refractivity contribution < 1.29 is 4.42 Å². The Balaban J connectivity index is 1.04. The predicted molar refractivity (Wildman–Crippen MR) is 240 cm³/mol. The summed E-state index contributed by atoms with van der Waals surface area (Å²) in [6, 6.07) is 72.5. The Morgan fingerprint density at radius 1 is 0.421 bits per heavy atom. The molecular weight excluding hydrogens is 691 g/mol. The fourth-order valence-electron chi connectivity index (χ4n) is 9.33. The maximum Gasteiger partial charge on any atom is 0.143 e. The number of rotatable bonds is 6. The molecule has 0 amide bonds. The van der Waals surface area contributed by atoms with E-state index in [2.05, 4.69) is 219 Å². The summed E-state index contributed by atoms with van der Waals surface area (Å²) in [6.07, 6.45) is 0. The van der Waals surface area contributed by atoms with Gasteiger partial charge in [0.15, 0.2) is 0 Å². The first kappa shape index (κ1) is 33.2. The van der Waals surface area contributed by atoms with Gasteiger partial charge in [-0.05, 0) is 110 Å². The minimum absolute atomic E-state index is 0.180. The molecule has 0 saturated heterocycles. The zero-order valence-electron chi connectivity index (χ0n) is 31.9. The van der Waals surface area contributed by atoms with E-state index in [1.807, 2.05) is 0 Å². The standard InChI is InChI=1S/C55H39NO/c1-55(2)49-22-9-8-19-46(49)47-21-11-23-50(53(47)55)56(42-30-25-37(26-31-42)41-17-10-16-40(35-41)36-13-4-3-5-14-36)43-32-27-39(28-33-43)44-20-12-24-51-52(44)48-34-29-38-15-6-7-18-45(38)54(48)57-51/h3-35H,1-2H3. The summed E-state index contributed by atoms with van der Waals surface area (Å²) >= 11 is 0. The van der Waals surface area contributed by atoms with Gasteiger partial charge in [-0.1, -0.05) is 166 Å². The smallest absolute Gasteiger partial charge is 0.143 e. The first-order valence-corrected chi connectivity index (χ1v) is 19.8. The molecule has 57 heavy (non-hydrogen) atoms. The van der Waals surface area contributed by atoms with Crippen molar-refractivity contribution in [1.82, 2.24) is 0 Å². The number of hydrogen-bond acceptors (Lipinski definition) is 2. The van der Waals surface area contributed by atoms with E-state index in [1.165, 1.54) is 61.1 Å². The lowest BCUT2D eigenvalue weighted by Gasteiger charge is -2.32. The predicted octanol–water partition coefficient (Wildman–Crippen LogP) is 15.5. The highest BCUT2D eigenvalue weighted by atomic mass is 16.3. The molecule has 0 aliphatic heterocycles. The third-order valence-corrected chi connectivity index (χ3v) is 12.1. The molecule has 2 nitrogen and oxygen atoms in total. The number of anilines is 3. The molecule has 1 heterocycles. The molecule has 0 fully saturated rings. The van der Waals surface area contributed by atoms with Gasteiger partial charge < -0.3 is 9.32 Å². The number of fused-ring (bicyclic) bond motifs is 8. The molecule has 0 radical (unpaired) electrons. The molecular formula is C55H39NO. The molecule has 1 aliphatic rings. The summed E-state index contributed by atoms with van der Waals surface area (Å²) in [5.74, 6) is 0. The molecule has 1 aliphatic carbocycles. The Hall–Kier alpha value is -7.16. The quantitative estimate of drug-likeness (QED) is 0.169. The average Bonchev–Trinajstić information content (AvgIpc) is 3.77. The molecule has 270 valence electrons. The fourth-order valence-corrected chi connectivity index (χ4v) is 9.33. The van der Waals surface area contributed by atoms with Crippen molar-refractivity contribution in [1.29, 1.82) is 0 Å². The third-order valence-electron chi connectivity index (χ3n) is 12.1. The van der Waals surface area contributed by atoms with Gasteiger partial charge in [0, 0.05) is 32.9 Å². The lowest BCUT2D eigenvalue weighted by Crippen LogP contribution is -2.20. The molecule has 0 N–H and O–H groups in total. The first-order valence-electron chi connectivity index (χ1n) is 19.8. The van der Waals surface area contributed by atoms with Crippen LogP contribution in [-0.4, -0.2) is 0 Å². The summed E-state index contributed by atoms with van der Waals surface area (Å²) < 4.78 is 6.56. The SMILES string of the molecule is CC1(C)c2ccccc2-c2cccc(N(c3ccc(-c4cccc(-c5ccccc5)c4)cc3)c3ccc(-c4cccc5oc6c7ccccc7ccc6c45)cc3)c21. The van der Waals surface area contributed by atoms with Gasteiger partial charge in [0.1, 0.15) is 11.2 Å².